The van der Waals surface area contributed by atoms with Gasteiger partial charge in [-0.2, -0.15) is 11.8 Å². The fourth-order valence-corrected chi connectivity index (χ4v) is 2.78. The highest BCUT2D eigenvalue weighted by atomic mass is 35.5. The number of carbonyl (C=O) groups excluding carboxylic acids is 1. The van der Waals surface area contributed by atoms with Crippen LogP contribution < -0.4 is 5.32 Å². The molecule has 0 aromatic carbocycles. The maximum absolute atomic E-state index is 11.2. The van der Waals surface area contributed by atoms with Gasteiger partial charge in [-0.25, -0.2) is 0 Å². The van der Waals surface area contributed by atoms with Crippen molar-refractivity contribution in [1.82, 2.24) is 5.32 Å². The van der Waals surface area contributed by atoms with Gasteiger partial charge in [0.2, 0.25) is 5.91 Å². The van der Waals surface area contributed by atoms with E-state index in [9.17, 15) is 4.79 Å². The van der Waals surface area contributed by atoms with Crippen molar-refractivity contribution in [3.63, 3.8) is 0 Å². The zero-order chi connectivity index (χ0) is 10.4. The molecule has 0 heterocycles. The summed E-state index contributed by atoms with van der Waals surface area (Å²) in [5.41, 5.74) is 0. The van der Waals surface area contributed by atoms with Crippen molar-refractivity contribution in [2.24, 2.45) is 11.8 Å². The summed E-state index contributed by atoms with van der Waals surface area (Å²) in [4.78, 5) is 11.2. The Balaban J connectivity index is 2.20. The molecule has 1 amide bonds. The lowest BCUT2D eigenvalue weighted by atomic mass is 9.98. The van der Waals surface area contributed by atoms with Crippen LogP contribution in [0.15, 0.2) is 0 Å². The van der Waals surface area contributed by atoms with Crippen LogP contribution in [0.25, 0.3) is 0 Å². The SMILES string of the molecule is CSCC(=O)NCC1CCCC1CCl. The standard InChI is InChI=1S/C10H18ClNOS/c1-14-7-10(13)12-6-9-4-2-3-8(9)5-11/h8-9H,2-7H2,1H3,(H,12,13). The van der Waals surface area contributed by atoms with E-state index in [1.165, 1.54) is 19.3 Å². The van der Waals surface area contributed by atoms with Crippen LogP contribution in [0.1, 0.15) is 19.3 Å². The topological polar surface area (TPSA) is 29.1 Å². The van der Waals surface area contributed by atoms with Gasteiger partial charge in [0.25, 0.3) is 0 Å². The first kappa shape index (κ1) is 12.2. The maximum Gasteiger partial charge on any atom is 0.229 e. The van der Waals surface area contributed by atoms with Gasteiger partial charge < -0.3 is 5.32 Å². The molecule has 1 saturated carbocycles. The normalized spacial score (nSPS) is 26.4. The fraction of sp³-hybridized carbons (Fsp3) is 0.900. The molecule has 2 atom stereocenters. The minimum Gasteiger partial charge on any atom is -0.355 e. The average molecular weight is 236 g/mol. The number of amides is 1. The average Bonchev–Trinajstić information content (AvgIpc) is 2.62. The van der Waals surface area contributed by atoms with Gasteiger partial charge in [0, 0.05) is 12.4 Å². The zero-order valence-corrected chi connectivity index (χ0v) is 10.2. The molecule has 1 aliphatic carbocycles. The highest BCUT2D eigenvalue weighted by molar-refractivity contribution is 7.99. The second-order valence-corrected chi connectivity index (χ2v) is 5.02. The largest absolute Gasteiger partial charge is 0.355 e. The first-order valence-electron chi connectivity index (χ1n) is 5.09. The number of alkyl halides is 1. The molecule has 0 aromatic rings. The summed E-state index contributed by atoms with van der Waals surface area (Å²) in [6.07, 6.45) is 5.65. The molecule has 0 saturated heterocycles. The Morgan fingerprint density at radius 2 is 2.21 bits per heavy atom. The molecule has 4 heteroatoms. The number of halogens is 1. The predicted octanol–water partition coefficient (Wildman–Crippen LogP) is 2.12. The van der Waals surface area contributed by atoms with Gasteiger partial charge in [0.05, 0.1) is 5.75 Å². The van der Waals surface area contributed by atoms with Gasteiger partial charge in [-0.15, -0.1) is 11.6 Å². The maximum atomic E-state index is 11.2. The molecule has 0 radical (unpaired) electrons. The van der Waals surface area contributed by atoms with Gasteiger partial charge in [-0.05, 0) is 30.9 Å². The van der Waals surface area contributed by atoms with Crippen LogP contribution in [0.3, 0.4) is 0 Å². The summed E-state index contributed by atoms with van der Waals surface area (Å²) >= 11 is 7.42. The molecule has 1 N–H and O–H groups in total. The molecule has 2 unspecified atom stereocenters. The van der Waals surface area contributed by atoms with E-state index < -0.39 is 0 Å². The minimum atomic E-state index is 0.151. The van der Waals surface area contributed by atoms with Crippen LogP contribution in [0.2, 0.25) is 0 Å². The Morgan fingerprint density at radius 1 is 1.50 bits per heavy atom. The van der Waals surface area contributed by atoms with Crippen LogP contribution in [0.4, 0.5) is 0 Å². The Bertz CT molecular complexity index is 189. The summed E-state index contributed by atoms with van der Waals surface area (Å²) in [6, 6.07) is 0. The van der Waals surface area contributed by atoms with Crippen molar-refractivity contribution in [2.45, 2.75) is 19.3 Å². The number of hydrogen-bond donors (Lipinski definition) is 1. The molecule has 2 nitrogen and oxygen atoms in total. The molecule has 0 aliphatic heterocycles. The molecule has 0 aromatic heterocycles. The van der Waals surface area contributed by atoms with E-state index in [1.807, 2.05) is 6.26 Å². The van der Waals surface area contributed by atoms with Gasteiger partial charge in [-0.3, -0.25) is 4.79 Å². The Morgan fingerprint density at radius 3 is 2.86 bits per heavy atom. The van der Waals surface area contributed by atoms with Crippen molar-refractivity contribution in [3.8, 4) is 0 Å². The first-order valence-corrected chi connectivity index (χ1v) is 7.02. The number of carbonyl (C=O) groups is 1. The molecular formula is C10H18ClNOS. The minimum absolute atomic E-state index is 0.151. The lowest BCUT2D eigenvalue weighted by molar-refractivity contribution is -0.118. The summed E-state index contributed by atoms with van der Waals surface area (Å²) in [6.45, 7) is 0.816. The van der Waals surface area contributed by atoms with Crippen molar-refractivity contribution >= 4 is 29.3 Å². The molecule has 1 rings (SSSR count). The van der Waals surface area contributed by atoms with E-state index in [0.29, 0.717) is 17.6 Å². The van der Waals surface area contributed by atoms with E-state index >= 15 is 0 Å². The van der Waals surface area contributed by atoms with E-state index in [4.69, 9.17) is 11.6 Å². The third-order valence-electron chi connectivity index (χ3n) is 2.85. The molecule has 0 bridgehead atoms. The lowest BCUT2D eigenvalue weighted by Crippen LogP contribution is -2.32. The molecule has 0 spiro atoms. The third-order valence-corrected chi connectivity index (χ3v) is 3.80. The van der Waals surface area contributed by atoms with Gasteiger partial charge in [0.1, 0.15) is 0 Å². The second kappa shape index (κ2) is 6.57. The number of thioether (sulfide) groups is 1. The Kier molecular flexibility index (Phi) is 5.71. The third kappa shape index (κ3) is 3.70. The van der Waals surface area contributed by atoms with Crippen molar-refractivity contribution in [3.05, 3.63) is 0 Å². The predicted molar refractivity (Wildman–Crippen MR) is 62.9 cm³/mol. The van der Waals surface area contributed by atoms with E-state index in [1.54, 1.807) is 11.8 Å². The van der Waals surface area contributed by atoms with Gasteiger partial charge in [-0.1, -0.05) is 6.42 Å². The quantitative estimate of drug-likeness (QED) is 0.740. The van der Waals surface area contributed by atoms with Crippen molar-refractivity contribution < 1.29 is 4.79 Å². The second-order valence-electron chi connectivity index (χ2n) is 3.84. The van der Waals surface area contributed by atoms with Crippen LogP contribution in [-0.4, -0.2) is 30.3 Å². The monoisotopic (exact) mass is 235 g/mol. The highest BCUT2D eigenvalue weighted by Crippen LogP contribution is 2.31. The molecule has 1 aliphatic rings. The summed E-state index contributed by atoms with van der Waals surface area (Å²) < 4.78 is 0. The van der Waals surface area contributed by atoms with Crippen molar-refractivity contribution in [2.75, 3.05) is 24.4 Å². The van der Waals surface area contributed by atoms with E-state index in [-0.39, 0.29) is 5.91 Å². The number of nitrogens with one attached hydrogen (secondary N) is 1. The van der Waals surface area contributed by atoms with Gasteiger partial charge in [0.15, 0.2) is 0 Å². The first-order chi connectivity index (χ1) is 6.77. The van der Waals surface area contributed by atoms with E-state index in [0.717, 1.165) is 12.4 Å². The van der Waals surface area contributed by atoms with Crippen LogP contribution in [-0.2, 0) is 4.79 Å². The summed E-state index contributed by atoms with van der Waals surface area (Å²) in [7, 11) is 0. The summed E-state index contributed by atoms with van der Waals surface area (Å²) in [5.74, 6) is 2.68. The smallest absolute Gasteiger partial charge is 0.229 e. The summed E-state index contributed by atoms with van der Waals surface area (Å²) in [5, 5.41) is 2.97. The highest BCUT2D eigenvalue weighted by Gasteiger charge is 2.26. The molecule has 82 valence electrons. The zero-order valence-electron chi connectivity index (χ0n) is 8.59. The fourth-order valence-electron chi connectivity index (χ4n) is 2.01. The van der Waals surface area contributed by atoms with Crippen LogP contribution in [0.5, 0.6) is 0 Å². The van der Waals surface area contributed by atoms with Crippen LogP contribution in [0, 0.1) is 11.8 Å². The van der Waals surface area contributed by atoms with E-state index in [2.05, 4.69) is 5.32 Å². The van der Waals surface area contributed by atoms with Crippen molar-refractivity contribution in [1.29, 1.82) is 0 Å². The number of hydrogen-bond acceptors (Lipinski definition) is 2. The van der Waals surface area contributed by atoms with Crippen LogP contribution >= 0.6 is 23.4 Å². The Labute approximate surface area is 95.2 Å². The molecular weight excluding hydrogens is 218 g/mol. The van der Waals surface area contributed by atoms with Gasteiger partial charge >= 0.3 is 0 Å². The molecule has 14 heavy (non-hydrogen) atoms. The Hall–Kier alpha value is 0.110. The number of rotatable bonds is 5. The molecule has 1 fully saturated rings. The lowest BCUT2D eigenvalue weighted by Gasteiger charge is -2.17.